The van der Waals surface area contributed by atoms with Crippen molar-refractivity contribution in [3.63, 3.8) is 0 Å². The standard InChI is InChI=1S/C11H9IN2O4/c1-2-18-11(15)10-9(12)7-5-6(14(16)17)3-4-8(7)13-10/h3-5,13H,2H2,1H3. The molecule has 0 unspecified atom stereocenters. The third-order valence-electron chi connectivity index (χ3n) is 2.41. The van der Waals surface area contributed by atoms with Crippen LogP contribution in [0.2, 0.25) is 0 Å². The zero-order valence-electron chi connectivity index (χ0n) is 9.40. The Labute approximate surface area is 116 Å². The number of nitro groups is 1. The summed E-state index contributed by atoms with van der Waals surface area (Å²) in [7, 11) is 0. The van der Waals surface area contributed by atoms with Gasteiger partial charge in [-0.15, -0.1) is 0 Å². The number of fused-ring (bicyclic) bond motifs is 1. The SMILES string of the molecule is CCOC(=O)c1[nH]c2ccc([N+](=O)[O-])cc2c1I. The van der Waals surface area contributed by atoms with Gasteiger partial charge in [0.05, 0.1) is 15.1 Å². The van der Waals surface area contributed by atoms with E-state index >= 15 is 0 Å². The summed E-state index contributed by atoms with van der Waals surface area (Å²) in [5.41, 5.74) is 0.996. The lowest BCUT2D eigenvalue weighted by atomic mass is 10.2. The summed E-state index contributed by atoms with van der Waals surface area (Å²) in [6.45, 7) is 2.00. The van der Waals surface area contributed by atoms with Gasteiger partial charge in [-0.2, -0.15) is 0 Å². The zero-order chi connectivity index (χ0) is 13.3. The van der Waals surface area contributed by atoms with Gasteiger partial charge in [0.1, 0.15) is 5.69 Å². The van der Waals surface area contributed by atoms with Gasteiger partial charge in [0.25, 0.3) is 5.69 Å². The summed E-state index contributed by atoms with van der Waals surface area (Å²) in [5.74, 6) is -0.458. The molecule has 2 aromatic rings. The number of non-ortho nitro benzene ring substituents is 1. The normalized spacial score (nSPS) is 10.6. The van der Waals surface area contributed by atoms with Crippen LogP contribution in [-0.2, 0) is 4.74 Å². The van der Waals surface area contributed by atoms with Gasteiger partial charge in [0.15, 0.2) is 0 Å². The second kappa shape index (κ2) is 4.92. The number of nitro benzene ring substituents is 1. The number of hydrogen-bond donors (Lipinski definition) is 1. The molecule has 0 spiro atoms. The second-order valence-electron chi connectivity index (χ2n) is 3.52. The van der Waals surface area contributed by atoms with Gasteiger partial charge in [0.2, 0.25) is 0 Å². The molecular weight excluding hydrogens is 351 g/mol. The maximum absolute atomic E-state index is 11.7. The van der Waals surface area contributed by atoms with E-state index in [0.717, 1.165) is 0 Å². The van der Waals surface area contributed by atoms with Crippen molar-refractivity contribution >= 4 is 45.2 Å². The Morgan fingerprint density at radius 2 is 2.28 bits per heavy atom. The highest BCUT2D eigenvalue weighted by atomic mass is 127. The first-order valence-electron chi connectivity index (χ1n) is 5.17. The Morgan fingerprint density at radius 3 is 2.89 bits per heavy atom. The number of aromatic amines is 1. The smallest absolute Gasteiger partial charge is 0.355 e. The molecule has 0 bridgehead atoms. The van der Waals surface area contributed by atoms with Crippen LogP contribution in [0.1, 0.15) is 17.4 Å². The molecule has 6 nitrogen and oxygen atoms in total. The molecule has 0 saturated heterocycles. The first-order valence-corrected chi connectivity index (χ1v) is 6.25. The van der Waals surface area contributed by atoms with E-state index in [0.29, 0.717) is 20.2 Å². The molecule has 18 heavy (non-hydrogen) atoms. The van der Waals surface area contributed by atoms with Crippen molar-refractivity contribution in [1.29, 1.82) is 0 Å². The lowest BCUT2D eigenvalue weighted by Gasteiger charge is -1.98. The predicted molar refractivity (Wildman–Crippen MR) is 73.6 cm³/mol. The molecule has 0 aliphatic carbocycles. The van der Waals surface area contributed by atoms with E-state index in [1.165, 1.54) is 12.1 Å². The van der Waals surface area contributed by atoms with E-state index in [9.17, 15) is 14.9 Å². The van der Waals surface area contributed by atoms with Crippen molar-refractivity contribution < 1.29 is 14.5 Å². The molecule has 1 aromatic carbocycles. The molecule has 0 fully saturated rings. The molecule has 7 heteroatoms. The molecule has 1 heterocycles. The number of hydrogen-bond acceptors (Lipinski definition) is 4. The average molecular weight is 360 g/mol. The van der Waals surface area contributed by atoms with E-state index in [4.69, 9.17) is 4.74 Å². The van der Waals surface area contributed by atoms with Crippen molar-refractivity contribution in [2.24, 2.45) is 0 Å². The molecule has 0 aliphatic heterocycles. The number of nitrogens with zero attached hydrogens (tertiary/aromatic N) is 1. The number of carbonyl (C=O) groups is 1. The van der Waals surface area contributed by atoms with Crippen LogP contribution in [0.3, 0.4) is 0 Å². The van der Waals surface area contributed by atoms with Crippen molar-refractivity contribution in [3.8, 4) is 0 Å². The number of nitrogens with one attached hydrogen (secondary N) is 1. The van der Waals surface area contributed by atoms with Gasteiger partial charge >= 0.3 is 5.97 Å². The first kappa shape index (κ1) is 12.8. The summed E-state index contributed by atoms with van der Waals surface area (Å²) in [4.78, 5) is 24.8. The number of aromatic nitrogens is 1. The summed E-state index contributed by atoms with van der Waals surface area (Å²) in [5, 5.41) is 11.3. The van der Waals surface area contributed by atoms with Crippen LogP contribution in [-0.4, -0.2) is 22.5 Å². The van der Waals surface area contributed by atoms with Crippen LogP contribution in [0.5, 0.6) is 0 Å². The molecule has 1 aromatic heterocycles. The fourth-order valence-electron chi connectivity index (χ4n) is 1.60. The second-order valence-corrected chi connectivity index (χ2v) is 4.60. The van der Waals surface area contributed by atoms with E-state index < -0.39 is 10.9 Å². The molecule has 1 N–H and O–H groups in total. The third kappa shape index (κ3) is 2.17. The van der Waals surface area contributed by atoms with E-state index in [-0.39, 0.29) is 12.3 Å². The average Bonchev–Trinajstić information content (AvgIpc) is 2.67. The number of benzene rings is 1. The molecule has 0 aliphatic rings. The van der Waals surface area contributed by atoms with Crippen LogP contribution < -0.4 is 0 Å². The van der Waals surface area contributed by atoms with Crippen molar-refractivity contribution in [1.82, 2.24) is 4.98 Å². The summed E-state index contributed by atoms with van der Waals surface area (Å²) < 4.78 is 5.54. The van der Waals surface area contributed by atoms with Gasteiger partial charge in [-0.05, 0) is 35.6 Å². The van der Waals surface area contributed by atoms with Gasteiger partial charge in [0, 0.05) is 23.0 Å². The van der Waals surface area contributed by atoms with Crippen LogP contribution >= 0.6 is 22.6 Å². The lowest BCUT2D eigenvalue weighted by Crippen LogP contribution is -2.06. The Bertz CT molecular complexity index is 635. The van der Waals surface area contributed by atoms with Crippen LogP contribution in [0.4, 0.5) is 5.69 Å². The fourth-order valence-corrected chi connectivity index (χ4v) is 2.41. The van der Waals surface area contributed by atoms with Crippen molar-refractivity contribution in [2.75, 3.05) is 6.61 Å². The van der Waals surface area contributed by atoms with Gasteiger partial charge in [-0.1, -0.05) is 0 Å². The predicted octanol–water partition coefficient (Wildman–Crippen LogP) is 2.86. The van der Waals surface area contributed by atoms with E-state index in [1.807, 2.05) is 22.6 Å². The monoisotopic (exact) mass is 360 g/mol. The maximum Gasteiger partial charge on any atom is 0.355 e. The zero-order valence-corrected chi connectivity index (χ0v) is 11.6. The van der Waals surface area contributed by atoms with Crippen molar-refractivity contribution in [2.45, 2.75) is 6.92 Å². The summed E-state index contributed by atoms with van der Waals surface area (Å²) >= 11 is 1.97. The largest absolute Gasteiger partial charge is 0.461 e. The minimum atomic E-state index is -0.466. The number of rotatable bonds is 3. The highest BCUT2D eigenvalue weighted by Gasteiger charge is 2.18. The van der Waals surface area contributed by atoms with Crippen LogP contribution in [0.25, 0.3) is 10.9 Å². The number of halogens is 1. The number of esters is 1. The first-order chi connectivity index (χ1) is 8.54. The summed E-state index contributed by atoms with van der Waals surface area (Å²) in [6.07, 6.45) is 0. The number of ether oxygens (including phenoxy) is 1. The third-order valence-corrected chi connectivity index (χ3v) is 3.53. The van der Waals surface area contributed by atoms with Gasteiger partial charge in [-0.3, -0.25) is 10.1 Å². The topological polar surface area (TPSA) is 85.2 Å². The molecule has 0 amide bonds. The van der Waals surface area contributed by atoms with Gasteiger partial charge < -0.3 is 9.72 Å². The quantitative estimate of drug-likeness (QED) is 0.395. The highest BCUT2D eigenvalue weighted by molar-refractivity contribution is 14.1. The molecular formula is C11H9IN2O4. The van der Waals surface area contributed by atoms with Gasteiger partial charge in [-0.25, -0.2) is 4.79 Å². The summed E-state index contributed by atoms with van der Waals surface area (Å²) in [6, 6.07) is 4.42. The van der Waals surface area contributed by atoms with Crippen LogP contribution in [0.15, 0.2) is 18.2 Å². The Morgan fingerprint density at radius 1 is 1.56 bits per heavy atom. The highest BCUT2D eigenvalue weighted by Crippen LogP contribution is 2.28. The van der Waals surface area contributed by atoms with Crippen molar-refractivity contribution in [3.05, 3.63) is 37.6 Å². The minimum absolute atomic E-state index is 0.00479. The number of H-pyrrole nitrogens is 1. The van der Waals surface area contributed by atoms with E-state index in [1.54, 1.807) is 13.0 Å². The Hall–Kier alpha value is -1.64. The lowest BCUT2D eigenvalue weighted by molar-refractivity contribution is -0.384. The molecule has 0 atom stereocenters. The molecule has 2 rings (SSSR count). The Balaban J connectivity index is 2.56. The molecule has 0 saturated carbocycles. The molecule has 94 valence electrons. The fraction of sp³-hybridized carbons (Fsp3) is 0.182. The number of carbonyl (C=O) groups excluding carboxylic acids is 1. The minimum Gasteiger partial charge on any atom is -0.461 e. The van der Waals surface area contributed by atoms with Crippen LogP contribution in [0, 0.1) is 13.7 Å². The molecule has 0 radical (unpaired) electrons. The Kier molecular flexibility index (Phi) is 3.50. The van der Waals surface area contributed by atoms with E-state index in [2.05, 4.69) is 4.98 Å². The maximum atomic E-state index is 11.7.